The molecule has 1 unspecified atom stereocenters. The highest BCUT2D eigenvalue weighted by Gasteiger charge is 2.32. The number of carbonyl (C=O) groups excluding carboxylic acids is 1. The molecule has 3 aromatic carbocycles. The average Bonchev–Trinajstić information content (AvgIpc) is 3.50. The molecular formula is C28H24FNO6. The lowest BCUT2D eigenvalue weighted by molar-refractivity contribution is -0.141. The van der Waals surface area contributed by atoms with E-state index in [4.69, 9.17) is 28.9 Å². The van der Waals surface area contributed by atoms with E-state index in [1.807, 2.05) is 12.1 Å². The van der Waals surface area contributed by atoms with Crippen molar-refractivity contribution in [2.45, 2.75) is 31.3 Å². The molecule has 3 aromatic rings. The molecule has 0 saturated carbocycles. The van der Waals surface area contributed by atoms with Gasteiger partial charge in [0.15, 0.2) is 11.5 Å². The largest absolute Gasteiger partial charge is 0.493 e. The topological polar surface area (TPSA) is 87.0 Å². The minimum Gasteiger partial charge on any atom is -0.493 e. The highest BCUT2D eigenvalue weighted by molar-refractivity contribution is 5.71. The Kier molecular flexibility index (Phi) is 6.38. The molecule has 0 bridgehead atoms. The lowest BCUT2D eigenvalue weighted by Crippen LogP contribution is -2.09. The van der Waals surface area contributed by atoms with Crippen LogP contribution in [-0.4, -0.2) is 26.8 Å². The third-order valence-electron chi connectivity index (χ3n) is 6.54. The Bertz CT molecular complexity index is 1360. The van der Waals surface area contributed by atoms with E-state index in [2.05, 4.69) is 6.07 Å². The third-order valence-corrected chi connectivity index (χ3v) is 6.54. The molecule has 0 saturated heterocycles. The summed E-state index contributed by atoms with van der Waals surface area (Å²) >= 11 is 0. The fraction of sp³-hybridized carbons (Fsp3) is 0.286. The summed E-state index contributed by atoms with van der Waals surface area (Å²) in [6.45, 7) is 0.397. The van der Waals surface area contributed by atoms with Crippen molar-refractivity contribution in [3.63, 3.8) is 0 Å². The van der Waals surface area contributed by atoms with Gasteiger partial charge in [0.1, 0.15) is 29.2 Å². The molecular weight excluding hydrogens is 465 g/mol. The molecule has 1 aliphatic carbocycles. The number of fused-ring (bicyclic) bond motifs is 2. The highest BCUT2D eigenvalue weighted by Crippen LogP contribution is 2.45. The van der Waals surface area contributed by atoms with Gasteiger partial charge in [-0.25, -0.2) is 4.39 Å². The fourth-order valence-electron chi connectivity index (χ4n) is 4.74. The zero-order chi connectivity index (χ0) is 25.2. The van der Waals surface area contributed by atoms with Crippen molar-refractivity contribution in [2.75, 3.05) is 20.8 Å². The molecule has 0 N–H and O–H groups in total. The molecule has 0 aromatic heterocycles. The molecule has 2 atom stereocenters. The van der Waals surface area contributed by atoms with Gasteiger partial charge in [0.2, 0.25) is 0 Å². The van der Waals surface area contributed by atoms with Crippen LogP contribution in [0.2, 0.25) is 0 Å². The summed E-state index contributed by atoms with van der Waals surface area (Å²) in [5, 5.41) is 9.13. The first-order valence-corrected chi connectivity index (χ1v) is 11.6. The average molecular weight is 489 g/mol. The van der Waals surface area contributed by atoms with Gasteiger partial charge in [-0.05, 0) is 43.2 Å². The number of nitriles is 1. The summed E-state index contributed by atoms with van der Waals surface area (Å²) in [6.07, 6.45) is 0.920. The standard InChI is InChI=1S/C28H24FNO6/c1-32-26-11-16(14-30)3-8-23(26)36-22-10-7-21(29)28-20(22)6-9-24(28)35-18-4-5-19-17(12-27(31)33-2)15-34-25(19)13-18/h3-5,7-8,10-11,13,17,24H,6,9,12,15H2,1-2H3/t17?,24-/m1/s1. The van der Waals surface area contributed by atoms with Crippen molar-refractivity contribution in [3.8, 4) is 34.8 Å². The summed E-state index contributed by atoms with van der Waals surface area (Å²) in [5.74, 6) is 1.88. The quantitative estimate of drug-likeness (QED) is 0.399. The normalized spacial score (nSPS) is 17.4. The SMILES string of the molecule is COC(=O)CC1COc2cc(O[C@@H]3CCc4c(Oc5ccc(C#N)cc5OC)ccc(F)c43)ccc21. The maximum atomic E-state index is 15.0. The van der Waals surface area contributed by atoms with E-state index in [1.165, 1.54) is 20.3 Å². The van der Waals surface area contributed by atoms with Gasteiger partial charge in [0.25, 0.3) is 0 Å². The molecule has 2 aliphatic rings. The van der Waals surface area contributed by atoms with E-state index >= 15 is 0 Å². The van der Waals surface area contributed by atoms with E-state index in [0.717, 1.165) is 11.1 Å². The second kappa shape index (κ2) is 9.78. The molecule has 1 aliphatic heterocycles. The van der Waals surface area contributed by atoms with E-state index < -0.39 is 6.10 Å². The molecule has 8 heteroatoms. The Morgan fingerprint density at radius 1 is 1.11 bits per heavy atom. The second-order valence-corrected chi connectivity index (χ2v) is 8.65. The Balaban J connectivity index is 1.37. The fourth-order valence-corrected chi connectivity index (χ4v) is 4.74. The van der Waals surface area contributed by atoms with Crippen LogP contribution in [0.25, 0.3) is 0 Å². The van der Waals surface area contributed by atoms with E-state index in [-0.39, 0.29) is 24.1 Å². The second-order valence-electron chi connectivity index (χ2n) is 8.65. The van der Waals surface area contributed by atoms with Crippen molar-refractivity contribution in [1.82, 2.24) is 0 Å². The number of methoxy groups -OCH3 is 2. The van der Waals surface area contributed by atoms with Gasteiger partial charge in [-0.2, -0.15) is 5.26 Å². The molecule has 7 nitrogen and oxygen atoms in total. The number of ether oxygens (including phenoxy) is 5. The first kappa shape index (κ1) is 23.5. The number of hydrogen-bond donors (Lipinski definition) is 0. The minimum atomic E-state index is -0.489. The predicted octanol–water partition coefficient (Wildman–Crippen LogP) is 5.60. The van der Waals surface area contributed by atoms with Gasteiger partial charge >= 0.3 is 5.97 Å². The molecule has 0 amide bonds. The van der Waals surface area contributed by atoms with Crippen LogP contribution < -0.4 is 18.9 Å². The Morgan fingerprint density at radius 2 is 1.94 bits per heavy atom. The van der Waals surface area contributed by atoms with Crippen molar-refractivity contribution in [1.29, 1.82) is 5.26 Å². The molecule has 184 valence electrons. The number of halogens is 1. The predicted molar refractivity (Wildman–Crippen MR) is 127 cm³/mol. The molecule has 5 rings (SSSR count). The van der Waals surface area contributed by atoms with Crippen LogP contribution in [0.3, 0.4) is 0 Å². The van der Waals surface area contributed by atoms with Gasteiger partial charge in [-0.15, -0.1) is 0 Å². The zero-order valence-corrected chi connectivity index (χ0v) is 19.9. The minimum absolute atomic E-state index is 0.0647. The molecule has 0 fully saturated rings. The van der Waals surface area contributed by atoms with Gasteiger partial charge in [-0.1, -0.05) is 6.07 Å². The number of rotatable bonds is 7. The van der Waals surface area contributed by atoms with Crippen molar-refractivity contribution in [2.24, 2.45) is 0 Å². The highest BCUT2D eigenvalue weighted by atomic mass is 19.1. The summed E-state index contributed by atoms with van der Waals surface area (Å²) in [6, 6.07) is 15.4. The number of hydrogen-bond acceptors (Lipinski definition) is 7. The van der Waals surface area contributed by atoms with Crippen LogP contribution in [0.15, 0.2) is 48.5 Å². The summed E-state index contributed by atoms with van der Waals surface area (Å²) in [5.41, 5.74) is 2.58. The number of esters is 1. The molecule has 1 heterocycles. The Morgan fingerprint density at radius 3 is 2.72 bits per heavy atom. The third kappa shape index (κ3) is 4.40. The lowest BCUT2D eigenvalue weighted by atomic mass is 9.98. The van der Waals surface area contributed by atoms with Crippen LogP contribution in [0.4, 0.5) is 4.39 Å². The van der Waals surface area contributed by atoms with Crippen LogP contribution in [-0.2, 0) is 16.0 Å². The molecule has 36 heavy (non-hydrogen) atoms. The van der Waals surface area contributed by atoms with Gasteiger partial charge in [0.05, 0.1) is 38.9 Å². The zero-order valence-electron chi connectivity index (χ0n) is 19.9. The van der Waals surface area contributed by atoms with Gasteiger partial charge < -0.3 is 23.7 Å². The van der Waals surface area contributed by atoms with Crippen molar-refractivity contribution < 1.29 is 32.9 Å². The van der Waals surface area contributed by atoms with Gasteiger partial charge in [-0.3, -0.25) is 4.79 Å². The number of carbonyl (C=O) groups is 1. The smallest absolute Gasteiger partial charge is 0.306 e. The molecule has 0 spiro atoms. The Labute approximate surface area is 207 Å². The van der Waals surface area contributed by atoms with Crippen molar-refractivity contribution in [3.05, 3.63) is 76.6 Å². The summed E-state index contributed by atoms with van der Waals surface area (Å²) in [4.78, 5) is 11.7. The first-order chi connectivity index (χ1) is 17.5. The number of nitrogens with zero attached hydrogens (tertiary/aromatic N) is 1. The summed E-state index contributed by atoms with van der Waals surface area (Å²) < 4.78 is 43.2. The summed E-state index contributed by atoms with van der Waals surface area (Å²) in [7, 11) is 2.87. The van der Waals surface area contributed by atoms with E-state index in [0.29, 0.717) is 59.3 Å². The van der Waals surface area contributed by atoms with Crippen LogP contribution in [0.5, 0.6) is 28.7 Å². The van der Waals surface area contributed by atoms with Crippen molar-refractivity contribution >= 4 is 5.97 Å². The Hall–Kier alpha value is -4.25. The monoisotopic (exact) mass is 489 g/mol. The van der Waals surface area contributed by atoms with Crippen LogP contribution in [0, 0.1) is 17.1 Å². The van der Waals surface area contributed by atoms with Crippen LogP contribution in [0.1, 0.15) is 47.1 Å². The maximum Gasteiger partial charge on any atom is 0.306 e. The van der Waals surface area contributed by atoms with Crippen LogP contribution >= 0.6 is 0 Å². The van der Waals surface area contributed by atoms with Gasteiger partial charge in [0, 0.05) is 34.7 Å². The lowest BCUT2D eigenvalue weighted by Gasteiger charge is -2.18. The number of benzene rings is 3. The first-order valence-electron chi connectivity index (χ1n) is 11.6. The maximum absolute atomic E-state index is 15.0. The van der Waals surface area contributed by atoms with E-state index in [1.54, 1.807) is 30.3 Å². The molecule has 0 radical (unpaired) electrons. The van der Waals surface area contributed by atoms with E-state index in [9.17, 15) is 9.18 Å².